The molecule has 1 heterocycles. The maximum atomic E-state index is 12.1. The fourth-order valence-corrected chi connectivity index (χ4v) is 1.64. The molecule has 0 aliphatic rings. The van der Waals surface area contributed by atoms with Gasteiger partial charge in [-0.3, -0.25) is 10.00 Å². The SMILES string of the molecule is Cc1nn(C)c(C)c1C(C#N)NCC(F)(F)F. The number of aryl methyl sites for hydroxylation is 2. The van der Waals surface area contributed by atoms with Crippen LogP contribution in [0.5, 0.6) is 0 Å². The minimum Gasteiger partial charge on any atom is -0.290 e. The second kappa shape index (κ2) is 4.75. The molecule has 0 spiro atoms. The molecular weight excluding hydrogens is 233 g/mol. The highest BCUT2D eigenvalue weighted by Gasteiger charge is 2.29. The van der Waals surface area contributed by atoms with E-state index in [1.807, 2.05) is 6.07 Å². The molecule has 0 saturated carbocycles. The summed E-state index contributed by atoms with van der Waals surface area (Å²) in [6.45, 7) is 2.19. The Labute approximate surface area is 97.0 Å². The van der Waals surface area contributed by atoms with Gasteiger partial charge in [0.05, 0.1) is 18.3 Å². The Kier molecular flexibility index (Phi) is 3.78. The number of hydrogen-bond donors (Lipinski definition) is 1. The smallest absolute Gasteiger partial charge is 0.290 e. The van der Waals surface area contributed by atoms with Crippen molar-refractivity contribution in [3.63, 3.8) is 0 Å². The summed E-state index contributed by atoms with van der Waals surface area (Å²) in [4.78, 5) is 0. The van der Waals surface area contributed by atoms with Crippen molar-refractivity contribution < 1.29 is 13.2 Å². The third-order valence-electron chi connectivity index (χ3n) is 2.49. The van der Waals surface area contributed by atoms with Crippen LogP contribution < -0.4 is 5.32 Å². The van der Waals surface area contributed by atoms with Gasteiger partial charge in [0, 0.05) is 18.3 Å². The summed E-state index contributed by atoms with van der Waals surface area (Å²) in [5, 5.41) is 15.2. The molecular formula is C10H13F3N4. The zero-order chi connectivity index (χ0) is 13.2. The molecule has 17 heavy (non-hydrogen) atoms. The number of halogens is 3. The lowest BCUT2D eigenvalue weighted by atomic mass is 10.1. The monoisotopic (exact) mass is 246 g/mol. The summed E-state index contributed by atoms with van der Waals surface area (Å²) in [6, 6.07) is 0.826. The van der Waals surface area contributed by atoms with E-state index >= 15 is 0 Å². The summed E-state index contributed by atoms with van der Waals surface area (Å²) in [5.74, 6) is 0. The van der Waals surface area contributed by atoms with Crippen LogP contribution in [0.15, 0.2) is 0 Å². The molecule has 1 aromatic rings. The number of nitrogens with one attached hydrogen (secondary N) is 1. The van der Waals surface area contributed by atoms with Gasteiger partial charge in [0.15, 0.2) is 0 Å². The van der Waals surface area contributed by atoms with Crippen molar-refractivity contribution in [2.45, 2.75) is 26.1 Å². The van der Waals surface area contributed by atoms with Crippen LogP contribution in [-0.4, -0.2) is 22.5 Å². The predicted octanol–water partition coefficient (Wildman–Crippen LogP) is 1.75. The normalized spacial score (nSPS) is 13.5. The summed E-state index contributed by atoms with van der Waals surface area (Å²) in [6.07, 6.45) is -4.33. The molecule has 4 nitrogen and oxygen atoms in total. The van der Waals surface area contributed by atoms with Crippen LogP contribution in [0.2, 0.25) is 0 Å². The Balaban J connectivity index is 2.92. The molecule has 1 unspecified atom stereocenters. The van der Waals surface area contributed by atoms with E-state index in [0.29, 0.717) is 17.0 Å². The van der Waals surface area contributed by atoms with Crippen LogP contribution >= 0.6 is 0 Å². The van der Waals surface area contributed by atoms with Crippen LogP contribution in [0.3, 0.4) is 0 Å². The van der Waals surface area contributed by atoms with E-state index in [9.17, 15) is 13.2 Å². The minimum absolute atomic E-state index is 0.513. The Morgan fingerprint density at radius 3 is 2.41 bits per heavy atom. The van der Waals surface area contributed by atoms with Crippen molar-refractivity contribution in [1.29, 1.82) is 5.26 Å². The molecule has 94 valence electrons. The largest absolute Gasteiger partial charge is 0.401 e. The summed E-state index contributed by atoms with van der Waals surface area (Å²) < 4.78 is 37.8. The molecule has 1 aromatic heterocycles. The Morgan fingerprint density at radius 1 is 1.47 bits per heavy atom. The third-order valence-corrected chi connectivity index (χ3v) is 2.49. The lowest BCUT2D eigenvalue weighted by Crippen LogP contribution is -2.32. The zero-order valence-electron chi connectivity index (χ0n) is 9.76. The lowest BCUT2D eigenvalue weighted by molar-refractivity contribution is -0.125. The fraction of sp³-hybridized carbons (Fsp3) is 0.600. The molecule has 0 aliphatic heterocycles. The Hall–Kier alpha value is -1.55. The maximum absolute atomic E-state index is 12.1. The highest BCUT2D eigenvalue weighted by Crippen LogP contribution is 2.22. The second-order valence-electron chi connectivity index (χ2n) is 3.77. The number of rotatable bonds is 3. The molecule has 0 fully saturated rings. The molecule has 0 aliphatic carbocycles. The highest BCUT2D eigenvalue weighted by atomic mass is 19.4. The fourth-order valence-electron chi connectivity index (χ4n) is 1.64. The van der Waals surface area contributed by atoms with Gasteiger partial charge < -0.3 is 0 Å². The van der Waals surface area contributed by atoms with Crippen LogP contribution in [-0.2, 0) is 7.05 Å². The molecule has 0 bridgehead atoms. The lowest BCUT2D eigenvalue weighted by Gasteiger charge is -2.14. The standard InChI is InChI=1S/C10H13F3N4/c1-6-9(7(2)17(3)16-6)8(4-14)15-5-10(11,12)13/h8,15H,5H2,1-3H3. The van der Waals surface area contributed by atoms with Gasteiger partial charge >= 0.3 is 6.18 Å². The van der Waals surface area contributed by atoms with Crippen LogP contribution in [0.4, 0.5) is 13.2 Å². The van der Waals surface area contributed by atoms with Gasteiger partial charge in [-0.2, -0.15) is 23.5 Å². The molecule has 1 atom stereocenters. The van der Waals surface area contributed by atoms with Gasteiger partial charge in [0.2, 0.25) is 0 Å². The van der Waals surface area contributed by atoms with Gasteiger partial charge in [-0.15, -0.1) is 0 Å². The number of hydrogen-bond acceptors (Lipinski definition) is 3. The first kappa shape index (κ1) is 13.5. The summed E-state index contributed by atoms with van der Waals surface area (Å²) in [7, 11) is 1.68. The van der Waals surface area contributed by atoms with E-state index in [0.717, 1.165) is 0 Å². The topological polar surface area (TPSA) is 53.6 Å². The predicted molar refractivity (Wildman–Crippen MR) is 55.1 cm³/mol. The van der Waals surface area contributed by atoms with Gasteiger partial charge in [-0.05, 0) is 13.8 Å². The maximum Gasteiger partial charge on any atom is 0.401 e. The second-order valence-corrected chi connectivity index (χ2v) is 3.77. The van der Waals surface area contributed by atoms with Crippen molar-refractivity contribution in [3.05, 3.63) is 17.0 Å². The van der Waals surface area contributed by atoms with Crippen molar-refractivity contribution in [3.8, 4) is 6.07 Å². The van der Waals surface area contributed by atoms with Gasteiger partial charge in [-0.25, -0.2) is 0 Å². The molecule has 1 rings (SSSR count). The van der Waals surface area contributed by atoms with E-state index in [4.69, 9.17) is 5.26 Å². The zero-order valence-corrected chi connectivity index (χ0v) is 9.76. The van der Waals surface area contributed by atoms with Crippen LogP contribution in [0, 0.1) is 25.2 Å². The molecule has 0 amide bonds. The molecule has 0 saturated heterocycles. The molecule has 0 radical (unpaired) electrons. The first-order chi connectivity index (χ1) is 7.76. The third kappa shape index (κ3) is 3.20. The van der Waals surface area contributed by atoms with Crippen molar-refractivity contribution in [2.75, 3.05) is 6.54 Å². The minimum atomic E-state index is -4.33. The molecule has 1 N–H and O–H groups in total. The average molecular weight is 246 g/mol. The van der Waals surface area contributed by atoms with Gasteiger partial charge in [-0.1, -0.05) is 0 Å². The number of alkyl halides is 3. The summed E-state index contributed by atoms with van der Waals surface area (Å²) >= 11 is 0. The quantitative estimate of drug-likeness (QED) is 0.884. The highest BCUT2D eigenvalue weighted by molar-refractivity contribution is 5.32. The number of nitriles is 1. The van der Waals surface area contributed by atoms with E-state index in [-0.39, 0.29) is 0 Å². The summed E-state index contributed by atoms with van der Waals surface area (Å²) in [5.41, 5.74) is 1.76. The Bertz CT molecular complexity index is 442. The number of aromatic nitrogens is 2. The van der Waals surface area contributed by atoms with E-state index < -0.39 is 18.8 Å². The van der Waals surface area contributed by atoms with Crippen LogP contribution in [0.25, 0.3) is 0 Å². The number of nitrogens with zero attached hydrogens (tertiary/aromatic N) is 3. The van der Waals surface area contributed by atoms with Crippen molar-refractivity contribution in [2.24, 2.45) is 7.05 Å². The van der Waals surface area contributed by atoms with Crippen molar-refractivity contribution in [1.82, 2.24) is 15.1 Å². The molecule has 7 heteroatoms. The van der Waals surface area contributed by atoms with E-state index in [2.05, 4.69) is 10.4 Å². The van der Waals surface area contributed by atoms with Gasteiger partial charge in [0.1, 0.15) is 6.04 Å². The first-order valence-electron chi connectivity index (χ1n) is 4.96. The van der Waals surface area contributed by atoms with E-state index in [1.165, 1.54) is 0 Å². The van der Waals surface area contributed by atoms with E-state index in [1.54, 1.807) is 25.6 Å². The van der Waals surface area contributed by atoms with Crippen molar-refractivity contribution >= 4 is 0 Å². The van der Waals surface area contributed by atoms with Gasteiger partial charge in [0.25, 0.3) is 0 Å². The van der Waals surface area contributed by atoms with Crippen LogP contribution in [0.1, 0.15) is 23.0 Å². The Morgan fingerprint density at radius 2 is 2.06 bits per heavy atom. The molecule has 0 aromatic carbocycles. The first-order valence-corrected chi connectivity index (χ1v) is 4.96. The average Bonchev–Trinajstić information content (AvgIpc) is 2.43.